The normalized spacial score (nSPS) is 20.2. The Bertz CT molecular complexity index is 1630. The van der Waals surface area contributed by atoms with Gasteiger partial charge in [0.2, 0.25) is 17.7 Å². The first-order chi connectivity index (χ1) is 23.0. The van der Waals surface area contributed by atoms with Gasteiger partial charge in [-0.15, -0.1) is 0 Å². The zero-order chi connectivity index (χ0) is 34.1. The van der Waals surface area contributed by atoms with Crippen LogP contribution in [0.2, 0.25) is 0 Å². The molecule has 1 aliphatic carbocycles. The van der Waals surface area contributed by atoms with Crippen LogP contribution in [-0.4, -0.2) is 88.6 Å². The van der Waals surface area contributed by atoms with Crippen molar-refractivity contribution in [2.75, 3.05) is 33.2 Å². The summed E-state index contributed by atoms with van der Waals surface area (Å²) in [7, 11) is 1.53. The Kier molecular flexibility index (Phi) is 9.42. The summed E-state index contributed by atoms with van der Waals surface area (Å²) in [6.45, 7) is 8.04. The zero-order valence-corrected chi connectivity index (χ0v) is 28.2. The van der Waals surface area contributed by atoms with Gasteiger partial charge >= 0.3 is 0 Å². The van der Waals surface area contributed by atoms with Gasteiger partial charge in [-0.3, -0.25) is 23.9 Å². The van der Waals surface area contributed by atoms with E-state index in [1.807, 2.05) is 65.6 Å². The molecule has 2 aliphatic heterocycles. The lowest BCUT2D eigenvalue weighted by Gasteiger charge is -2.51. The summed E-state index contributed by atoms with van der Waals surface area (Å²) >= 11 is 0. The second-order valence-electron chi connectivity index (χ2n) is 14.1. The molecule has 1 aromatic heterocycles. The second-order valence-corrected chi connectivity index (χ2v) is 14.1. The summed E-state index contributed by atoms with van der Waals surface area (Å²) in [5.74, 6) is -1.15. The predicted molar refractivity (Wildman–Crippen MR) is 179 cm³/mol. The number of nitrogens with one attached hydrogen (secondary N) is 2. The smallest absolute Gasteiger partial charge is 0.257 e. The molecular formula is C37H46N6O5. The lowest BCUT2D eigenvalue weighted by molar-refractivity contribution is -0.156. The molecule has 2 aromatic carbocycles. The molecule has 4 amide bonds. The van der Waals surface area contributed by atoms with Crippen molar-refractivity contribution in [3.8, 4) is 0 Å². The van der Waals surface area contributed by atoms with Gasteiger partial charge < -0.3 is 25.2 Å². The molecule has 0 radical (unpaired) electrons. The van der Waals surface area contributed by atoms with E-state index < -0.39 is 23.5 Å². The maximum Gasteiger partial charge on any atom is 0.257 e. The van der Waals surface area contributed by atoms with Gasteiger partial charge in [-0.25, -0.2) is 0 Å². The van der Waals surface area contributed by atoms with E-state index >= 15 is 0 Å². The lowest BCUT2D eigenvalue weighted by atomic mass is 9.70. The molecule has 0 bridgehead atoms. The van der Waals surface area contributed by atoms with E-state index in [9.17, 15) is 19.2 Å². The fourth-order valence-electron chi connectivity index (χ4n) is 7.37. The Morgan fingerprint density at radius 3 is 2.15 bits per heavy atom. The molecule has 2 N–H and O–H groups in total. The average molecular weight is 655 g/mol. The number of hydrogen-bond donors (Lipinski definition) is 2. The molecule has 6 rings (SSSR count). The van der Waals surface area contributed by atoms with Gasteiger partial charge in [0.05, 0.1) is 42.3 Å². The van der Waals surface area contributed by atoms with Crippen LogP contribution in [0, 0.1) is 22.7 Å². The number of carbonyl (C=O) groups excluding carboxylic acids is 4. The first-order valence-corrected chi connectivity index (χ1v) is 16.9. The summed E-state index contributed by atoms with van der Waals surface area (Å²) in [4.78, 5) is 58.2. The minimum absolute atomic E-state index is 0.139. The van der Waals surface area contributed by atoms with E-state index in [1.54, 1.807) is 28.9 Å². The topological polar surface area (TPSA) is 126 Å². The SMILES string of the molecule is CNC(=O)[C@@H](NC(=O)[C@@H]1CN(C(=O)c2cnn(Cc3ccccc3)c2)CC12CN(C(=O)C1(C(C)C)CC1)C2)[C@@H](C)OCc1ccccc1. The molecule has 1 spiro atoms. The van der Waals surface area contributed by atoms with Crippen LogP contribution in [0.3, 0.4) is 0 Å². The molecule has 2 saturated heterocycles. The fraction of sp³-hybridized carbons (Fsp3) is 0.486. The van der Waals surface area contributed by atoms with E-state index in [0.717, 1.165) is 24.0 Å². The number of likely N-dealkylation sites (N-methyl/N-ethyl adjacent to an activating group) is 1. The van der Waals surface area contributed by atoms with Crippen molar-refractivity contribution < 1.29 is 23.9 Å². The number of aromatic nitrogens is 2. The number of likely N-dealkylation sites (tertiary alicyclic amines) is 2. The third kappa shape index (κ3) is 6.60. The third-order valence-electron chi connectivity index (χ3n) is 10.6. The maximum absolute atomic E-state index is 14.2. The number of nitrogens with zero attached hydrogens (tertiary/aromatic N) is 4. The van der Waals surface area contributed by atoms with Crippen molar-refractivity contribution in [3.05, 3.63) is 89.7 Å². The van der Waals surface area contributed by atoms with Crippen LogP contribution in [0.15, 0.2) is 73.1 Å². The van der Waals surface area contributed by atoms with Crippen LogP contribution in [0.1, 0.15) is 55.1 Å². The monoisotopic (exact) mass is 654 g/mol. The van der Waals surface area contributed by atoms with E-state index in [4.69, 9.17) is 4.74 Å². The Labute approximate surface area is 282 Å². The van der Waals surface area contributed by atoms with Crippen LogP contribution < -0.4 is 10.6 Å². The second kappa shape index (κ2) is 13.5. The van der Waals surface area contributed by atoms with Crippen molar-refractivity contribution >= 4 is 23.6 Å². The number of hydrogen-bond acceptors (Lipinski definition) is 6. The van der Waals surface area contributed by atoms with Crippen molar-refractivity contribution in [1.82, 2.24) is 30.2 Å². The highest BCUT2D eigenvalue weighted by atomic mass is 16.5. The first kappa shape index (κ1) is 33.4. The van der Waals surface area contributed by atoms with Crippen LogP contribution in [0.5, 0.6) is 0 Å². The van der Waals surface area contributed by atoms with Gasteiger partial charge in [-0.05, 0) is 36.8 Å². The van der Waals surface area contributed by atoms with E-state index in [-0.39, 0.29) is 48.1 Å². The minimum atomic E-state index is -0.947. The molecule has 3 aromatic rings. The van der Waals surface area contributed by atoms with Crippen molar-refractivity contribution in [2.24, 2.45) is 22.7 Å². The van der Waals surface area contributed by atoms with Crippen LogP contribution in [0.4, 0.5) is 0 Å². The summed E-state index contributed by atoms with van der Waals surface area (Å²) in [5, 5.41) is 10.0. The Balaban J connectivity index is 1.19. The summed E-state index contributed by atoms with van der Waals surface area (Å²) in [5.41, 5.74) is 1.52. The molecule has 254 valence electrons. The van der Waals surface area contributed by atoms with Crippen molar-refractivity contribution in [1.29, 1.82) is 0 Å². The summed E-state index contributed by atoms with van der Waals surface area (Å²) in [6, 6.07) is 18.6. The fourth-order valence-corrected chi connectivity index (χ4v) is 7.37. The molecule has 11 nitrogen and oxygen atoms in total. The van der Waals surface area contributed by atoms with Gasteiger partial charge in [0.25, 0.3) is 5.91 Å². The molecule has 0 unspecified atom stereocenters. The van der Waals surface area contributed by atoms with Crippen molar-refractivity contribution in [2.45, 2.75) is 58.9 Å². The summed E-state index contributed by atoms with van der Waals surface area (Å²) < 4.78 is 7.77. The van der Waals surface area contributed by atoms with Gasteiger partial charge in [-0.2, -0.15) is 5.10 Å². The van der Waals surface area contributed by atoms with E-state index in [1.165, 1.54) is 7.05 Å². The average Bonchev–Trinajstić information content (AvgIpc) is 3.61. The molecule has 3 fully saturated rings. The number of ether oxygens (including phenoxy) is 1. The standard InChI is InChI=1S/C37H46N6O5/c1-25(2)37(15-16-37)35(47)42-23-36(24-42)22-41(34(46)29-17-39-43(19-29)18-27-11-7-5-8-12-27)20-30(36)32(44)40-31(33(45)38-4)26(3)48-21-28-13-9-6-10-14-28/h5-14,17,19,25-26,30-31H,15-16,18,20-24H2,1-4H3,(H,38,45)(H,40,44)/t26-,30+,31+/m1/s1. The van der Waals surface area contributed by atoms with Crippen LogP contribution >= 0.6 is 0 Å². The number of carbonyl (C=O) groups is 4. The van der Waals surface area contributed by atoms with Crippen LogP contribution in [0.25, 0.3) is 0 Å². The van der Waals surface area contributed by atoms with Crippen LogP contribution in [-0.2, 0) is 32.3 Å². The molecule has 1 saturated carbocycles. The Morgan fingerprint density at radius 1 is 0.917 bits per heavy atom. The highest BCUT2D eigenvalue weighted by molar-refractivity contribution is 5.96. The third-order valence-corrected chi connectivity index (χ3v) is 10.6. The predicted octanol–water partition coefficient (Wildman–Crippen LogP) is 3.10. The van der Waals surface area contributed by atoms with Gasteiger partial charge in [0.1, 0.15) is 6.04 Å². The highest BCUT2D eigenvalue weighted by Gasteiger charge is 2.63. The Morgan fingerprint density at radius 2 is 1.54 bits per heavy atom. The molecule has 3 heterocycles. The van der Waals surface area contributed by atoms with Crippen molar-refractivity contribution in [3.63, 3.8) is 0 Å². The van der Waals surface area contributed by atoms with Gasteiger partial charge in [0, 0.05) is 44.8 Å². The Hall–Kier alpha value is -4.51. The lowest BCUT2D eigenvalue weighted by Crippen LogP contribution is -2.66. The van der Waals surface area contributed by atoms with Gasteiger partial charge in [-0.1, -0.05) is 74.5 Å². The number of amides is 4. The highest BCUT2D eigenvalue weighted by Crippen LogP contribution is 2.55. The van der Waals surface area contributed by atoms with E-state index in [0.29, 0.717) is 31.7 Å². The minimum Gasteiger partial charge on any atom is -0.371 e. The van der Waals surface area contributed by atoms with Gasteiger partial charge in [0.15, 0.2) is 0 Å². The molecule has 48 heavy (non-hydrogen) atoms. The van der Waals surface area contributed by atoms with E-state index in [2.05, 4.69) is 29.6 Å². The quantitative estimate of drug-likeness (QED) is 0.309. The maximum atomic E-state index is 14.2. The number of rotatable bonds is 12. The number of benzene rings is 2. The zero-order valence-electron chi connectivity index (χ0n) is 28.2. The molecular weight excluding hydrogens is 608 g/mol. The largest absolute Gasteiger partial charge is 0.371 e. The molecule has 11 heteroatoms. The molecule has 3 aliphatic rings. The molecule has 3 atom stereocenters. The first-order valence-electron chi connectivity index (χ1n) is 16.9. The summed E-state index contributed by atoms with van der Waals surface area (Å²) in [6.07, 6.45) is 4.43.